The summed E-state index contributed by atoms with van der Waals surface area (Å²) in [4.78, 5) is 12.3. The number of rotatable bonds is 12. The van der Waals surface area contributed by atoms with Gasteiger partial charge in [0, 0.05) is 30.1 Å². The van der Waals surface area contributed by atoms with Crippen molar-refractivity contribution in [1.29, 1.82) is 0 Å². The largest absolute Gasteiger partial charge is 0.491 e. The summed E-state index contributed by atoms with van der Waals surface area (Å²) in [5.41, 5.74) is 2.60. The van der Waals surface area contributed by atoms with Gasteiger partial charge >= 0.3 is 0 Å². The fraction of sp³-hybridized carbons (Fsp3) is 0.240. The zero-order valence-electron chi connectivity index (χ0n) is 17.7. The predicted octanol–water partition coefficient (Wildman–Crippen LogP) is 4.73. The molecule has 0 fully saturated rings. The van der Waals surface area contributed by atoms with E-state index in [0.717, 1.165) is 17.0 Å². The molecule has 0 bridgehead atoms. The van der Waals surface area contributed by atoms with E-state index in [1.54, 1.807) is 6.07 Å². The Hall–Kier alpha value is -3.51. The number of hydrogen-bond donors (Lipinski definition) is 2. The molecule has 0 aliphatic rings. The van der Waals surface area contributed by atoms with Crippen LogP contribution in [-0.2, 0) is 16.1 Å². The SMILES string of the molecule is CCOCCOc1cccc(NC(=O)CNc2cccc(OCc3ccccc3)c2)c1. The fourth-order valence-electron chi connectivity index (χ4n) is 2.85. The Morgan fingerprint density at radius 1 is 0.806 bits per heavy atom. The molecule has 6 nitrogen and oxygen atoms in total. The van der Waals surface area contributed by atoms with Gasteiger partial charge in [-0.05, 0) is 36.8 Å². The minimum atomic E-state index is -0.151. The second kappa shape index (κ2) is 12.2. The van der Waals surface area contributed by atoms with Gasteiger partial charge in [0.15, 0.2) is 0 Å². The van der Waals surface area contributed by atoms with Crippen LogP contribution in [0.5, 0.6) is 11.5 Å². The van der Waals surface area contributed by atoms with Crippen molar-refractivity contribution in [3.05, 3.63) is 84.4 Å². The summed E-state index contributed by atoms with van der Waals surface area (Å²) in [6.45, 7) is 4.23. The molecule has 0 aromatic heterocycles. The first-order valence-electron chi connectivity index (χ1n) is 10.3. The van der Waals surface area contributed by atoms with Gasteiger partial charge in [0.1, 0.15) is 24.7 Å². The number of amides is 1. The lowest BCUT2D eigenvalue weighted by Crippen LogP contribution is -2.21. The van der Waals surface area contributed by atoms with Crippen molar-refractivity contribution >= 4 is 17.3 Å². The maximum Gasteiger partial charge on any atom is 0.243 e. The summed E-state index contributed by atoms with van der Waals surface area (Å²) < 4.78 is 16.7. The molecule has 0 atom stereocenters. The first kappa shape index (κ1) is 22.2. The van der Waals surface area contributed by atoms with Crippen LogP contribution in [0.25, 0.3) is 0 Å². The summed E-state index contributed by atoms with van der Waals surface area (Å²) in [6, 6.07) is 24.9. The minimum Gasteiger partial charge on any atom is -0.491 e. The van der Waals surface area contributed by atoms with Crippen LogP contribution >= 0.6 is 0 Å². The summed E-state index contributed by atoms with van der Waals surface area (Å²) in [5, 5.41) is 6.00. The molecule has 0 saturated heterocycles. The molecule has 3 aromatic rings. The van der Waals surface area contributed by atoms with Crippen molar-refractivity contribution in [3.63, 3.8) is 0 Å². The zero-order valence-corrected chi connectivity index (χ0v) is 17.7. The molecule has 0 aliphatic heterocycles. The average molecular weight is 421 g/mol. The Kier molecular flexibility index (Phi) is 8.76. The summed E-state index contributed by atoms with van der Waals surface area (Å²) in [7, 11) is 0. The van der Waals surface area contributed by atoms with E-state index in [0.29, 0.717) is 37.9 Å². The van der Waals surface area contributed by atoms with E-state index in [4.69, 9.17) is 14.2 Å². The van der Waals surface area contributed by atoms with Gasteiger partial charge in [0.2, 0.25) is 5.91 Å². The van der Waals surface area contributed by atoms with Crippen LogP contribution in [0.1, 0.15) is 12.5 Å². The Bertz CT molecular complexity index is 947. The van der Waals surface area contributed by atoms with Crippen molar-refractivity contribution in [3.8, 4) is 11.5 Å². The molecule has 3 aromatic carbocycles. The Balaban J connectivity index is 1.45. The number of nitrogens with one attached hydrogen (secondary N) is 2. The third-order valence-electron chi connectivity index (χ3n) is 4.35. The van der Waals surface area contributed by atoms with Gasteiger partial charge in [0.05, 0.1) is 13.2 Å². The molecule has 0 aliphatic carbocycles. The third kappa shape index (κ3) is 8.03. The molecule has 0 radical (unpaired) electrons. The summed E-state index contributed by atoms with van der Waals surface area (Å²) in [6.07, 6.45) is 0. The number of benzene rings is 3. The second-order valence-corrected chi connectivity index (χ2v) is 6.78. The Labute approximate surface area is 183 Å². The molecule has 162 valence electrons. The highest BCUT2D eigenvalue weighted by molar-refractivity contribution is 5.93. The van der Waals surface area contributed by atoms with Crippen molar-refractivity contribution in [2.24, 2.45) is 0 Å². The van der Waals surface area contributed by atoms with Gasteiger partial charge in [-0.2, -0.15) is 0 Å². The molecular weight excluding hydrogens is 392 g/mol. The normalized spacial score (nSPS) is 10.4. The maximum atomic E-state index is 12.3. The molecule has 1 amide bonds. The standard InChI is InChI=1S/C25H28N2O4/c1-2-29-14-15-30-23-12-7-11-22(17-23)27-25(28)18-26-21-10-6-13-24(16-21)31-19-20-8-4-3-5-9-20/h3-13,16-17,26H,2,14-15,18-19H2,1H3,(H,27,28). The molecule has 6 heteroatoms. The highest BCUT2D eigenvalue weighted by Gasteiger charge is 2.05. The topological polar surface area (TPSA) is 68.8 Å². The zero-order chi connectivity index (χ0) is 21.7. The lowest BCUT2D eigenvalue weighted by Gasteiger charge is -2.11. The first-order chi connectivity index (χ1) is 15.2. The quantitative estimate of drug-likeness (QED) is 0.415. The molecule has 2 N–H and O–H groups in total. The molecule has 0 unspecified atom stereocenters. The van der Waals surface area contributed by atoms with Crippen molar-refractivity contribution in [1.82, 2.24) is 0 Å². The number of anilines is 2. The van der Waals surface area contributed by atoms with E-state index in [2.05, 4.69) is 10.6 Å². The molecular formula is C25H28N2O4. The lowest BCUT2D eigenvalue weighted by atomic mass is 10.2. The minimum absolute atomic E-state index is 0.136. The van der Waals surface area contributed by atoms with Crippen molar-refractivity contribution in [2.75, 3.05) is 37.0 Å². The van der Waals surface area contributed by atoms with Crippen LogP contribution in [0.2, 0.25) is 0 Å². The Morgan fingerprint density at radius 2 is 1.52 bits per heavy atom. The van der Waals surface area contributed by atoms with E-state index in [1.807, 2.05) is 79.7 Å². The van der Waals surface area contributed by atoms with Crippen LogP contribution in [0.15, 0.2) is 78.9 Å². The average Bonchev–Trinajstić information content (AvgIpc) is 2.80. The third-order valence-corrected chi connectivity index (χ3v) is 4.35. The highest BCUT2D eigenvalue weighted by atomic mass is 16.5. The molecule has 31 heavy (non-hydrogen) atoms. The van der Waals surface area contributed by atoms with Crippen LogP contribution in [0.3, 0.4) is 0 Å². The molecule has 3 rings (SSSR count). The summed E-state index contributed by atoms with van der Waals surface area (Å²) in [5.74, 6) is 1.28. The molecule has 0 saturated carbocycles. The number of ether oxygens (including phenoxy) is 3. The first-order valence-corrected chi connectivity index (χ1v) is 10.3. The highest BCUT2D eigenvalue weighted by Crippen LogP contribution is 2.19. The van der Waals surface area contributed by atoms with E-state index in [1.165, 1.54) is 0 Å². The van der Waals surface area contributed by atoms with Gasteiger partial charge in [0.25, 0.3) is 0 Å². The second-order valence-electron chi connectivity index (χ2n) is 6.78. The van der Waals surface area contributed by atoms with Crippen LogP contribution in [0.4, 0.5) is 11.4 Å². The van der Waals surface area contributed by atoms with Crippen molar-refractivity contribution < 1.29 is 19.0 Å². The fourth-order valence-corrected chi connectivity index (χ4v) is 2.85. The smallest absolute Gasteiger partial charge is 0.243 e. The lowest BCUT2D eigenvalue weighted by molar-refractivity contribution is -0.114. The van der Waals surface area contributed by atoms with E-state index in [9.17, 15) is 4.79 Å². The molecule has 0 heterocycles. The van der Waals surface area contributed by atoms with Gasteiger partial charge in [-0.15, -0.1) is 0 Å². The van der Waals surface area contributed by atoms with E-state index >= 15 is 0 Å². The van der Waals surface area contributed by atoms with Gasteiger partial charge in [-0.1, -0.05) is 42.5 Å². The van der Waals surface area contributed by atoms with Gasteiger partial charge in [-0.25, -0.2) is 0 Å². The summed E-state index contributed by atoms with van der Waals surface area (Å²) >= 11 is 0. The maximum absolute atomic E-state index is 12.3. The van der Waals surface area contributed by atoms with Crippen molar-refractivity contribution in [2.45, 2.75) is 13.5 Å². The van der Waals surface area contributed by atoms with E-state index < -0.39 is 0 Å². The number of carbonyl (C=O) groups excluding carboxylic acids is 1. The van der Waals surface area contributed by atoms with Gasteiger partial charge < -0.3 is 24.8 Å². The van der Waals surface area contributed by atoms with Gasteiger partial charge in [-0.3, -0.25) is 4.79 Å². The number of carbonyl (C=O) groups is 1. The number of hydrogen-bond acceptors (Lipinski definition) is 5. The Morgan fingerprint density at radius 3 is 2.29 bits per heavy atom. The molecule has 0 spiro atoms. The predicted molar refractivity (Wildman–Crippen MR) is 123 cm³/mol. The van der Waals surface area contributed by atoms with Crippen LogP contribution in [0, 0.1) is 0 Å². The van der Waals surface area contributed by atoms with E-state index in [-0.39, 0.29) is 12.5 Å². The monoisotopic (exact) mass is 420 g/mol. The van der Waals surface area contributed by atoms with Crippen LogP contribution < -0.4 is 20.1 Å². The van der Waals surface area contributed by atoms with Crippen LogP contribution in [-0.4, -0.2) is 32.3 Å².